The molecule has 0 bridgehead atoms. The average molecular weight is 289 g/mol. The van der Waals surface area contributed by atoms with Crippen molar-refractivity contribution in [1.29, 1.82) is 0 Å². The highest BCUT2D eigenvalue weighted by Crippen LogP contribution is 2.23. The van der Waals surface area contributed by atoms with E-state index in [9.17, 15) is 4.79 Å². The number of nitrogens with zero attached hydrogens (tertiary/aromatic N) is 2. The number of benzene rings is 2. The Morgan fingerprint density at radius 2 is 1.77 bits per heavy atom. The molecule has 2 aromatic carbocycles. The summed E-state index contributed by atoms with van der Waals surface area (Å²) < 4.78 is 1.93. The summed E-state index contributed by atoms with van der Waals surface area (Å²) in [6, 6.07) is 18.0. The highest BCUT2D eigenvalue weighted by atomic mass is 16.1. The molecule has 0 aliphatic heterocycles. The summed E-state index contributed by atoms with van der Waals surface area (Å²) in [5.41, 5.74) is 3.59. The molecule has 0 saturated carbocycles. The number of hydrogen-bond donors (Lipinski definition) is 1. The number of aromatic nitrogens is 3. The fraction of sp³-hybridized carbons (Fsp3) is 0.111. The number of rotatable bonds is 2. The lowest BCUT2D eigenvalue weighted by atomic mass is 10.1. The third-order valence-corrected chi connectivity index (χ3v) is 3.96. The van der Waals surface area contributed by atoms with E-state index in [-0.39, 0.29) is 5.56 Å². The molecule has 4 rings (SSSR count). The van der Waals surface area contributed by atoms with Crippen molar-refractivity contribution in [3.8, 4) is 0 Å². The summed E-state index contributed by atoms with van der Waals surface area (Å²) in [7, 11) is 0. The van der Waals surface area contributed by atoms with Crippen molar-refractivity contribution in [2.75, 3.05) is 0 Å². The lowest BCUT2D eigenvalue weighted by molar-refractivity contribution is 0.705. The first-order valence-corrected chi connectivity index (χ1v) is 7.26. The highest BCUT2D eigenvalue weighted by Gasteiger charge is 2.14. The largest absolute Gasteiger partial charge is 0.321 e. The van der Waals surface area contributed by atoms with E-state index in [1.165, 1.54) is 0 Å². The Morgan fingerprint density at radius 3 is 2.59 bits per heavy atom. The van der Waals surface area contributed by atoms with Gasteiger partial charge in [0, 0.05) is 5.39 Å². The summed E-state index contributed by atoms with van der Waals surface area (Å²) in [4.78, 5) is 15.3. The van der Waals surface area contributed by atoms with Crippen LogP contribution in [-0.2, 0) is 6.54 Å². The second-order valence-electron chi connectivity index (χ2n) is 5.45. The molecule has 0 saturated heterocycles. The number of aromatic amines is 1. The maximum Gasteiger partial charge on any atom is 0.259 e. The highest BCUT2D eigenvalue weighted by molar-refractivity contribution is 6.04. The number of hydrogen-bond acceptors (Lipinski definition) is 2. The van der Waals surface area contributed by atoms with Crippen molar-refractivity contribution in [3.05, 3.63) is 76.2 Å². The molecule has 1 N–H and O–H groups in total. The number of H-pyrrole nitrogens is 1. The molecule has 4 aromatic rings. The lowest BCUT2D eigenvalue weighted by Gasteiger charge is -2.06. The summed E-state index contributed by atoms with van der Waals surface area (Å²) in [6.07, 6.45) is 0. The van der Waals surface area contributed by atoms with Gasteiger partial charge in [0.05, 0.1) is 28.7 Å². The Morgan fingerprint density at radius 1 is 1.05 bits per heavy atom. The van der Waals surface area contributed by atoms with Gasteiger partial charge in [-0.25, -0.2) is 0 Å². The van der Waals surface area contributed by atoms with E-state index >= 15 is 0 Å². The molecule has 0 amide bonds. The van der Waals surface area contributed by atoms with Crippen LogP contribution in [0.15, 0.2) is 59.4 Å². The van der Waals surface area contributed by atoms with Gasteiger partial charge in [0.25, 0.3) is 5.56 Å². The Labute approximate surface area is 127 Å². The maximum atomic E-state index is 12.4. The molecule has 0 radical (unpaired) electrons. The van der Waals surface area contributed by atoms with E-state index in [1.807, 2.05) is 54.1 Å². The predicted molar refractivity (Wildman–Crippen MR) is 88.1 cm³/mol. The van der Waals surface area contributed by atoms with Crippen LogP contribution in [0, 0.1) is 6.92 Å². The van der Waals surface area contributed by atoms with Crippen LogP contribution in [0.2, 0.25) is 0 Å². The van der Waals surface area contributed by atoms with Crippen molar-refractivity contribution in [2.24, 2.45) is 0 Å². The molecule has 0 atom stereocenters. The Hall–Kier alpha value is -2.88. The van der Waals surface area contributed by atoms with Crippen LogP contribution in [0.5, 0.6) is 0 Å². The lowest BCUT2D eigenvalue weighted by Crippen LogP contribution is -2.08. The van der Waals surface area contributed by atoms with E-state index in [0.29, 0.717) is 11.9 Å². The van der Waals surface area contributed by atoms with E-state index < -0.39 is 0 Å². The zero-order chi connectivity index (χ0) is 15.1. The van der Waals surface area contributed by atoms with E-state index in [1.54, 1.807) is 0 Å². The molecule has 108 valence electrons. The first-order chi connectivity index (χ1) is 10.7. The van der Waals surface area contributed by atoms with Gasteiger partial charge in [0.15, 0.2) is 0 Å². The van der Waals surface area contributed by atoms with Crippen LogP contribution >= 0.6 is 0 Å². The predicted octanol–water partition coefficient (Wildman–Crippen LogP) is 3.23. The normalized spacial score (nSPS) is 11.3. The van der Waals surface area contributed by atoms with Gasteiger partial charge in [0.1, 0.15) is 0 Å². The fourth-order valence-electron chi connectivity index (χ4n) is 2.98. The molecule has 4 nitrogen and oxygen atoms in total. The molecular weight excluding hydrogens is 274 g/mol. The van der Waals surface area contributed by atoms with Crippen LogP contribution in [0.1, 0.15) is 11.3 Å². The molecule has 0 fully saturated rings. The second-order valence-corrected chi connectivity index (χ2v) is 5.45. The quantitative estimate of drug-likeness (QED) is 0.616. The van der Waals surface area contributed by atoms with Crippen molar-refractivity contribution in [1.82, 2.24) is 14.8 Å². The second kappa shape index (κ2) is 4.84. The van der Waals surface area contributed by atoms with Gasteiger partial charge in [-0.3, -0.25) is 9.48 Å². The zero-order valence-corrected chi connectivity index (χ0v) is 12.2. The van der Waals surface area contributed by atoms with E-state index in [4.69, 9.17) is 0 Å². The smallest absolute Gasteiger partial charge is 0.259 e. The number of aryl methyl sites for hydroxylation is 1. The summed E-state index contributed by atoms with van der Waals surface area (Å²) in [6.45, 7) is 2.53. The molecule has 2 heterocycles. The van der Waals surface area contributed by atoms with Crippen molar-refractivity contribution in [3.63, 3.8) is 0 Å². The van der Waals surface area contributed by atoms with Gasteiger partial charge in [-0.2, -0.15) is 5.10 Å². The monoisotopic (exact) mass is 289 g/mol. The molecule has 22 heavy (non-hydrogen) atoms. The van der Waals surface area contributed by atoms with Crippen LogP contribution in [0.3, 0.4) is 0 Å². The topological polar surface area (TPSA) is 50.7 Å². The van der Waals surface area contributed by atoms with Gasteiger partial charge in [-0.05, 0) is 18.6 Å². The standard InChI is InChI=1S/C18H15N3O/c1-12-16-17(14-9-5-6-10-15(14)19-18(16)22)21(20-12)11-13-7-3-2-4-8-13/h2-10H,11H2,1H3,(H,19,22). The average Bonchev–Trinajstić information content (AvgIpc) is 2.86. The summed E-state index contributed by atoms with van der Waals surface area (Å²) in [5, 5.41) is 6.29. The molecule has 0 aliphatic carbocycles. The molecule has 2 aromatic heterocycles. The minimum Gasteiger partial charge on any atom is -0.321 e. The first-order valence-electron chi connectivity index (χ1n) is 7.26. The first kappa shape index (κ1) is 12.8. The van der Waals surface area contributed by atoms with Crippen LogP contribution in [0.25, 0.3) is 21.8 Å². The molecule has 0 aliphatic rings. The maximum absolute atomic E-state index is 12.4. The van der Waals surface area contributed by atoms with E-state index in [0.717, 1.165) is 27.7 Å². The molecule has 4 heteroatoms. The number of nitrogens with one attached hydrogen (secondary N) is 1. The van der Waals surface area contributed by atoms with E-state index in [2.05, 4.69) is 22.2 Å². The van der Waals surface area contributed by atoms with Crippen LogP contribution in [-0.4, -0.2) is 14.8 Å². The summed E-state index contributed by atoms with van der Waals surface area (Å²) >= 11 is 0. The van der Waals surface area contributed by atoms with Gasteiger partial charge in [-0.15, -0.1) is 0 Å². The SMILES string of the molecule is Cc1nn(Cc2ccccc2)c2c1c(=O)[nH]c1ccccc12. The van der Waals surface area contributed by atoms with Crippen molar-refractivity contribution < 1.29 is 0 Å². The minimum absolute atomic E-state index is 0.0782. The summed E-state index contributed by atoms with van der Waals surface area (Å²) in [5.74, 6) is 0. The Bertz CT molecular complexity index is 1030. The van der Waals surface area contributed by atoms with Crippen molar-refractivity contribution >= 4 is 21.8 Å². The van der Waals surface area contributed by atoms with Gasteiger partial charge >= 0.3 is 0 Å². The number of para-hydroxylation sites is 1. The Balaban J connectivity index is 2.05. The minimum atomic E-state index is -0.0782. The van der Waals surface area contributed by atoms with Gasteiger partial charge < -0.3 is 4.98 Å². The van der Waals surface area contributed by atoms with Crippen LogP contribution in [0.4, 0.5) is 0 Å². The third kappa shape index (κ3) is 1.92. The Kier molecular flexibility index (Phi) is 2.82. The van der Waals surface area contributed by atoms with Gasteiger partial charge in [-0.1, -0.05) is 48.5 Å². The number of pyridine rings is 1. The molecule has 0 spiro atoms. The van der Waals surface area contributed by atoms with Gasteiger partial charge in [0.2, 0.25) is 0 Å². The van der Waals surface area contributed by atoms with Crippen LogP contribution < -0.4 is 5.56 Å². The molecular formula is C18H15N3O. The fourth-order valence-corrected chi connectivity index (χ4v) is 2.98. The number of fused-ring (bicyclic) bond motifs is 3. The zero-order valence-electron chi connectivity index (χ0n) is 12.2. The third-order valence-electron chi connectivity index (χ3n) is 3.96. The van der Waals surface area contributed by atoms with Crippen molar-refractivity contribution in [2.45, 2.75) is 13.5 Å². The molecule has 0 unspecified atom stereocenters.